The summed E-state index contributed by atoms with van der Waals surface area (Å²) >= 11 is 0. The van der Waals surface area contributed by atoms with Gasteiger partial charge in [-0.05, 0) is 31.5 Å². The second kappa shape index (κ2) is 9.45. The van der Waals surface area contributed by atoms with Crippen LogP contribution in [0.4, 0.5) is 0 Å². The van der Waals surface area contributed by atoms with E-state index in [-0.39, 0.29) is 12.3 Å². The van der Waals surface area contributed by atoms with Crippen molar-refractivity contribution in [1.82, 2.24) is 10.6 Å². The summed E-state index contributed by atoms with van der Waals surface area (Å²) in [5.74, 6) is -0.630. The number of ether oxygens (including phenoxy) is 2. The van der Waals surface area contributed by atoms with Crippen LogP contribution in [0.5, 0.6) is 5.75 Å². The zero-order valence-corrected chi connectivity index (χ0v) is 13.5. The number of carbonyl (C=O) groups excluding carboxylic acids is 3. The van der Waals surface area contributed by atoms with Crippen LogP contribution in [-0.4, -0.2) is 44.1 Å². The number of hydrogen-bond acceptors (Lipinski definition) is 5. The SMILES string of the molecule is CCNC(=O)[C@H](C)NC(=O)COC(=O)Cc1ccc(OC)cc1. The maximum atomic E-state index is 11.7. The van der Waals surface area contributed by atoms with Crippen LogP contribution in [0, 0.1) is 0 Å². The molecular weight excluding hydrogens is 300 g/mol. The van der Waals surface area contributed by atoms with Gasteiger partial charge >= 0.3 is 5.97 Å². The van der Waals surface area contributed by atoms with Gasteiger partial charge in [0.2, 0.25) is 5.91 Å². The van der Waals surface area contributed by atoms with Crippen LogP contribution >= 0.6 is 0 Å². The molecule has 0 spiro atoms. The van der Waals surface area contributed by atoms with E-state index in [0.29, 0.717) is 12.3 Å². The van der Waals surface area contributed by atoms with E-state index in [1.165, 1.54) is 0 Å². The molecule has 1 atom stereocenters. The predicted octanol–water partition coefficient (Wildman–Crippen LogP) is 0.422. The fourth-order valence-electron chi connectivity index (χ4n) is 1.78. The van der Waals surface area contributed by atoms with Crippen molar-refractivity contribution < 1.29 is 23.9 Å². The molecule has 0 aromatic heterocycles. The standard InChI is InChI=1S/C16H22N2O5/c1-4-17-16(21)11(2)18-14(19)10-23-15(20)9-12-5-7-13(22-3)8-6-12/h5-8,11H,4,9-10H2,1-3H3,(H,17,21)(H,18,19)/t11-/m0/s1. The van der Waals surface area contributed by atoms with E-state index in [4.69, 9.17) is 9.47 Å². The molecule has 7 heteroatoms. The third-order valence-electron chi connectivity index (χ3n) is 2.99. The Morgan fingerprint density at radius 1 is 1.17 bits per heavy atom. The quantitative estimate of drug-likeness (QED) is 0.677. The molecule has 0 radical (unpaired) electrons. The topological polar surface area (TPSA) is 93.7 Å². The Labute approximate surface area is 135 Å². The lowest BCUT2D eigenvalue weighted by molar-refractivity contribution is -0.148. The van der Waals surface area contributed by atoms with Crippen molar-refractivity contribution in [2.24, 2.45) is 0 Å². The molecule has 0 heterocycles. The van der Waals surface area contributed by atoms with Crippen LogP contribution < -0.4 is 15.4 Å². The molecule has 23 heavy (non-hydrogen) atoms. The smallest absolute Gasteiger partial charge is 0.310 e. The molecule has 0 aliphatic rings. The van der Waals surface area contributed by atoms with Crippen molar-refractivity contribution in [3.63, 3.8) is 0 Å². The molecule has 0 fully saturated rings. The molecule has 7 nitrogen and oxygen atoms in total. The van der Waals surface area contributed by atoms with Crippen molar-refractivity contribution in [2.75, 3.05) is 20.3 Å². The third-order valence-corrected chi connectivity index (χ3v) is 2.99. The van der Waals surface area contributed by atoms with Crippen molar-refractivity contribution in [3.05, 3.63) is 29.8 Å². The molecule has 0 aliphatic heterocycles. The molecule has 126 valence electrons. The van der Waals surface area contributed by atoms with Gasteiger partial charge in [-0.15, -0.1) is 0 Å². The monoisotopic (exact) mass is 322 g/mol. The first kappa shape index (κ1) is 18.5. The van der Waals surface area contributed by atoms with E-state index in [1.54, 1.807) is 45.2 Å². The molecule has 1 aromatic carbocycles. The summed E-state index contributed by atoms with van der Waals surface area (Å²) in [5, 5.41) is 5.04. The van der Waals surface area contributed by atoms with E-state index in [9.17, 15) is 14.4 Å². The first-order chi connectivity index (χ1) is 11.0. The fourth-order valence-corrected chi connectivity index (χ4v) is 1.78. The summed E-state index contributed by atoms with van der Waals surface area (Å²) in [4.78, 5) is 34.8. The fraction of sp³-hybridized carbons (Fsp3) is 0.438. The van der Waals surface area contributed by atoms with Crippen molar-refractivity contribution in [2.45, 2.75) is 26.3 Å². The highest BCUT2D eigenvalue weighted by Crippen LogP contribution is 2.11. The van der Waals surface area contributed by atoms with Crippen molar-refractivity contribution in [1.29, 1.82) is 0 Å². The Kier molecular flexibility index (Phi) is 7.59. The summed E-state index contributed by atoms with van der Waals surface area (Å²) in [6.07, 6.45) is 0.0587. The lowest BCUT2D eigenvalue weighted by Crippen LogP contribution is -2.46. The molecule has 2 amide bonds. The first-order valence-electron chi connectivity index (χ1n) is 7.31. The largest absolute Gasteiger partial charge is 0.497 e. The van der Waals surface area contributed by atoms with E-state index >= 15 is 0 Å². The van der Waals surface area contributed by atoms with Gasteiger partial charge in [0.1, 0.15) is 11.8 Å². The molecular formula is C16H22N2O5. The van der Waals surface area contributed by atoms with E-state index in [2.05, 4.69) is 10.6 Å². The number of methoxy groups -OCH3 is 1. The summed E-state index contributed by atoms with van der Waals surface area (Å²) in [6, 6.07) is 6.30. The maximum absolute atomic E-state index is 11.7. The molecule has 2 N–H and O–H groups in total. The lowest BCUT2D eigenvalue weighted by atomic mass is 10.1. The number of rotatable bonds is 8. The van der Waals surface area contributed by atoms with Gasteiger partial charge in [-0.2, -0.15) is 0 Å². The van der Waals surface area contributed by atoms with Gasteiger partial charge in [0.25, 0.3) is 5.91 Å². The van der Waals surface area contributed by atoms with Gasteiger partial charge in [0, 0.05) is 6.54 Å². The van der Waals surface area contributed by atoms with Gasteiger partial charge in [0.15, 0.2) is 6.61 Å². The number of likely N-dealkylation sites (N-methyl/N-ethyl adjacent to an activating group) is 1. The molecule has 0 saturated heterocycles. The second-order valence-corrected chi connectivity index (χ2v) is 4.87. The Morgan fingerprint density at radius 3 is 2.39 bits per heavy atom. The van der Waals surface area contributed by atoms with Crippen LogP contribution in [-0.2, 0) is 25.5 Å². The van der Waals surface area contributed by atoms with Gasteiger partial charge in [0.05, 0.1) is 13.5 Å². The highest BCUT2D eigenvalue weighted by atomic mass is 16.5. The first-order valence-corrected chi connectivity index (χ1v) is 7.31. The molecule has 0 unspecified atom stereocenters. The minimum Gasteiger partial charge on any atom is -0.497 e. The second-order valence-electron chi connectivity index (χ2n) is 4.87. The molecule has 0 saturated carbocycles. The number of benzene rings is 1. The van der Waals surface area contributed by atoms with Crippen LogP contribution in [0.2, 0.25) is 0 Å². The van der Waals surface area contributed by atoms with E-state index < -0.39 is 24.5 Å². The van der Waals surface area contributed by atoms with Gasteiger partial charge in [-0.1, -0.05) is 12.1 Å². The maximum Gasteiger partial charge on any atom is 0.310 e. The summed E-state index contributed by atoms with van der Waals surface area (Å²) in [5.41, 5.74) is 0.756. The third kappa shape index (κ3) is 6.82. The molecule has 1 aromatic rings. The highest BCUT2D eigenvalue weighted by molar-refractivity contribution is 5.88. The Hall–Kier alpha value is -2.57. The number of esters is 1. The normalized spacial score (nSPS) is 11.3. The summed E-state index contributed by atoms with van der Waals surface area (Å²) in [6.45, 7) is 3.41. The lowest BCUT2D eigenvalue weighted by Gasteiger charge is -2.13. The van der Waals surface area contributed by atoms with Gasteiger partial charge < -0.3 is 20.1 Å². The summed E-state index contributed by atoms with van der Waals surface area (Å²) < 4.78 is 9.92. The van der Waals surface area contributed by atoms with Crippen LogP contribution in [0.3, 0.4) is 0 Å². The summed E-state index contributed by atoms with van der Waals surface area (Å²) in [7, 11) is 1.56. The van der Waals surface area contributed by atoms with Crippen LogP contribution in [0.15, 0.2) is 24.3 Å². The van der Waals surface area contributed by atoms with Crippen LogP contribution in [0.25, 0.3) is 0 Å². The van der Waals surface area contributed by atoms with Crippen molar-refractivity contribution in [3.8, 4) is 5.75 Å². The zero-order chi connectivity index (χ0) is 17.2. The number of nitrogens with one attached hydrogen (secondary N) is 2. The molecule has 1 rings (SSSR count). The van der Waals surface area contributed by atoms with Gasteiger partial charge in [-0.3, -0.25) is 14.4 Å². The highest BCUT2D eigenvalue weighted by Gasteiger charge is 2.15. The van der Waals surface area contributed by atoms with Crippen molar-refractivity contribution >= 4 is 17.8 Å². The average Bonchev–Trinajstić information content (AvgIpc) is 2.54. The van der Waals surface area contributed by atoms with E-state index in [1.807, 2.05) is 0 Å². The van der Waals surface area contributed by atoms with Crippen LogP contribution in [0.1, 0.15) is 19.4 Å². The zero-order valence-electron chi connectivity index (χ0n) is 13.5. The molecule has 0 aliphatic carbocycles. The minimum absolute atomic E-state index is 0.0587. The number of hydrogen-bond donors (Lipinski definition) is 2. The van der Waals surface area contributed by atoms with E-state index in [0.717, 1.165) is 5.56 Å². The average molecular weight is 322 g/mol. The molecule has 0 bridgehead atoms. The Morgan fingerprint density at radius 2 is 1.83 bits per heavy atom. The Balaban J connectivity index is 2.34. The predicted molar refractivity (Wildman–Crippen MR) is 83.9 cm³/mol. The number of amides is 2. The number of carbonyl (C=O) groups is 3. The minimum atomic E-state index is -0.678. The Bertz CT molecular complexity index is 542. The van der Waals surface area contributed by atoms with Gasteiger partial charge in [-0.25, -0.2) is 0 Å².